The first kappa shape index (κ1) is 24.5. The van der Waals surface area contributed by atoms with Crippen molar-refractivity contribution < 1.29 is 14.3 Å². The smallest absolute Gasteiger partial charge is 0.270 e. The van der Waals surface area contributed by atoms with Crippen molar-refractivity contribution in [2.75, 3.05) is 25.0 Å². The van der Waals surface area contributed by atoms with Gasteiger partial charge in [0.2, 0.25) is 0 Å². The molecule has 0 aliphatic heterocycles. The summed E-state index contributed by atoms with van der Waals surface area (Å²) in [5.41, 5.74) is 0.344. The van der Waals surface area contributed by atoms with Gasteiger partial charge in [-0.05, 0) is 56.6 Å². The lowest BCUT2D eigenvalue weighted by Crippen LogP contribution is -2.35. The van der Waals surface area contributed by atoms with Crippen LogP contribution in [0.5, 0.6) is 5.75 Å². The van der Waals surface area contributed by atoms with Crippen molar-refractivity contribution >= 4 is 40.6 Å². The minimum absolute atomic E-state index is 0.0513. The summed E-state index contributed by atoms with van der Waals surface area (Å²) in [6.45, 7) is 3.32. The minimum Gasteiger partial charge on any atom is -0.484 e. The Kier molecular flexibility index (Phi) is 7.87. The molecule has 10 heteroatoms. The molecule has 2 amide bonds. The molecule has 0 atom stereocenters. The highest BCUT2D eigenvalue weighted by Crippen LogP contribution is 2.28. The second kappa shape index (κ2) is 11.2. The van der Waals surface area contributed by atoms with Crippen LogP contribution >= 0.6 is 11.3 Å². The molecule has 2 fully saturated rings. The molecule has 2 saturated carbocycles. The fraction of sp³-hybridized carbons (Fsp3) is 0.440. The average Bonchev–Trinajstić information content (AvgIpc) is 3.79. The van der Waals surface area contributed by atoms with Crippen molar-refractivity contribution in [2.45, 2.75) is 39.2 Å². The highest BCUT2D eigenvalue weighted by molar-refractivity contribution is 7.07. The highest BCUT2D eigenvalue weighted by atomic mass is 32.1. The van der Waals surface area contributed by atoms with Gasteiger partial charge < -0.3 is 20.7 Å². The van der Waals surface area contributed by atoms with Crippen molar-refractivity contribution in [2.24, 2.45) is 11.8 Å². The molecule has 0 spiro atoms. The van der Waals surface area contributed by atoms with Crippen LogP contribution in [0.25, 0.3) is 11.8 Å². The lowest BCUT2D eigenvalue weighted by Gasteiger charge is -2.08. The summed E-state index contributed by atoms with van der Waals surface area (Å²) < 4.78 is 7.73. The number of benzene rings is 1. The number of hydrogen-bond acceptors (Lipinski definition) is 7. The number of hydrogen-bond donors (Lipinski definition) is 3. The van der Waals surface area contributed by atoms with E-state index in [0.29, 0.717) is 52.1 Å². The largest absolute Gasteiger partial charge is 0.484 e. The van der Waals surface area contributed by atoms with Gasteiger partial charge in [0.05, 0.1) is 0 Å². The molecule has 0 bridgehead atoms. The number of nitrogens with one attached hydrogen (secondary N) is 3. The maximum atomic E-state index is 12.9. The Labute approximate surface area is 207 Å². The molecule has 1 heterocycles. The molecule has 2 aromatic rings. The second-order valence-corrected chi connectivity index (χ2v) is 9.84. The third-order valence-electron chi connectivity index (χ3n) is 5.88. The van der Waals surface area contributed by atoms with E-state index in [4.69, 9.17) is 4.74 Å². The van der Waals surface area contributed by atoms with E-state index in [-0.39, 0.29) is 23.6 Å². The zero-order valence-corrected chi connectivity index (χ0v) is 20.5. The van der Waals surface area contributed by atoms with Crippen LogP contribution < -0.4 is 35.4 Å². The van der Waals surface area contributed by atoms with Gasteiger partial charge in [-0.3, -0.25) is 19.0 Å². The first-order valence-corrected chi connectivity index (χ1v) is 12.7. The van der Waals surface area contributed by atoms with Gasteiger partial charge in [0.25, 0.3) is 17.4 Å². The van der Waals surface area contributed by atoms with E-state index in [1.54, 1.807) is 31.3 Å². The van der Waals surface area contributed by atoms with E-state index in [2.05, 4.69) is 16.0 Å². The number of nitrogens with zero attached hydrogens (tertiary/aromatic N) is 2. The van der Waals surface area contributed by atoms with Crippen LogP contribution in [-0.2, 0) is 16.1 Å². The number of amides is 2. The lowest BCUT2D eigenvalue weighted by molar-refractivity contribution is -0.123. The minimum atomic E-state index is -0.451. The van der Waals surface area contributed by atoms with E-state index in [1.807, 2.05) is 12.1 Å². The van der Waals surface area contributed by atoms with Crippen LogP contribution in [0.4, 0.5) is 5.69 Å². The van der Waals surface area contributed by atoms with Gasteiger partial charge in [0.15, 0.2) is 12.2 Å². The first-order chi connectivity index (χ1) is 17.0. The quantitative estimate of drug-likeness (QED) is 0.425. The third kappa shape index (κ3) is 6.73. The summed E-state index contributed by atoms with van der Waals surface area (Å²) in [4.78, 5) is 37.4. The van der Waals surface area contributed by atoms with E-state index < -0.39 is 5.91 Å². The number of thiazole rings is 1. The van der Waals surface area contributed by atoms with Crippen molar-refractivity contribution in [1.29, 1.82) is 5.26 Å². The standard InChI is InChI=1S/C25H29N5O4S/c1-2-30-24(33)21(35-25(30)20(11-26)23(32)29-13-17-8-9-17)14-27-18-4-3-5-19(10-18)34-15-22(31)28-12-16-6-7-16/h3-5,10,14,16-17,27H,2,6-9,12-13,15H2,1H3,(H,28,31)(H,29,32)/b21-14+,25-20-. The molecule has 184 valence electrons. The molecular formula is C25H29N5O4S. The molecule has 0 unspecified atom stereocenters. The normalized spacial score (nSPS) is 16.3. The highest BCUT2D eigenvalue weighted by Gasteiger charge is 2.23. The van der Waals surface area contributed by atoms with Gasteiger partial charge in [-0.2, -0.15) is 5.26 Å². The Balaban J connectivity index is 1.47. The summed E-state index contributed by atoms with van der Waals surface area (Å²) in [5.74, 6) is 1.01. The number of rotatable bonds is 11. The molecule has 35 heavy (non-hydrogen) atoms. The van der Waals surface area contributed by atoms with Gasteiger partial charge in [-0.25, -0.2) is 0 Å². The molecule has 3 N–H and O–H groups in total. The Bertz CT molecular complexity index is 1310. The first-order valence-electron chi connectivity index (χ1n) is 11.9. The van der Waals surface area contributed by atoms with Gasteiger partial charge in [-0.1, -0.05) is 6.07 Å². The van der Waals surface area contributed by atoms with Crippen molar-refractivity contribution in [3.05, 3.63) is 43.8 Å². The number of anilines is 1. The van der Waals surface area contributed by atoms with Crippen molar-refractivity contribution in [3.63, 3.8) is 0 Å². The zero-order valence-electron chi connectivity index (χ0n) is 19.6. The van der Waals surface area contributed by atoms with E-state index in [1.165, 1.54) is 17.4 Å². The van der Waals surface area contributed by atoms with Gasteiger partial charge >= 0.3 is 0 Å². The fourth-order valence-corrected chi connectivity index (χ4v) is 4.53. The number of nitriles is 1. The van der Waals surface area contributed by atoms with Crippen LogP contribution in [-0.4, -0.2) is 36.1 Å². The summed E-state index contributed by atoms with van der Waals surface area (Å²) in [7, 11) is 0. The molecule has 9 nitrogen and oxygen atoms in total. The fourth-order valence-electron chi connectivity index (χ4n) is 3.44. The number of carbonyl (C=O) groups excluding carboxylic acids is 2. The maximum absolute atomic E-state index is 12.9. The molecular weight excluding hydrogens is 466 g/mol. The Hall–Kier alpha value is -3.58. The van der Waals surface area contributed by atoms with Gasteiger partial charge in [0.1, 0.15) is 21.0 Å². The van der Waals surface area contributed by atoms with Crippen LogP contribution in [0.2, 0.25) is 0 Å². The maximum Gasteiger partial charge on any atom is 0.270 e. The van der Waals surface area contributed by atoms with Crippen molar-refractivity contribution in [1.82, 2.24) is 15.2 Å². The second-order valence-electron chi connectivity index (χ2n) is 8.81. The summed E-state index contributed by atoms with van der Waals surface area (Å²) in [5, 5.41) is 18.4. The van der Waals surface area contributed by atoms with Gasteiger partial charge in [0, 0.05) is 37.6 Å². The average molecular weight is 496 g/mol. The number of aromatic nitrogens is 1. The van der Waals surface area contributed by atoms with E-state index in [9.17, 15) is 19.6 Å². The number of carbonyl (C=O) groups is 2. The summed E-state index contributed by atoms with van der Waals surface area (Å²) in [6.07, 6.45) is 6.08. The lowest BCUT2D eigenvalue weighted by atomic mass is 10.3. The summed E-state index contributed by atoms with van der Waals surface area (Å²) >= 11 is 1.10. The molecule has 0 radical (unpaired) electrons. The Morgan fingerprint density at radius 3 is 2.57 bits per heavy atom. The predicted molar refractivity (Wildman–Crippen MR) is 134 cm³/mol. The topological polar surface area (TPSA) is 125 Å². The van der Waals surface area contributed by atoms with Gasteiger partial charge in [-0.15, -0.1) is 11.3 Å². The molecule has 2 aliphatic rings. The predicted octanol–water partition coefficient (Wildman–Crippen LogP) is 0.885. The van der Waals surface area contributed by atoms with Crippen LogP contribution in [0.1, 0.15) is 32.6 Å². The van der Waals surface area contributed by atoms with Crippen LogP contribution in [0.3, 0.4) is 0 Å². The Morgan fingerprint density at radius 1 is 1.20 bits per heavy atom. The van der Waals surface area contributed by atoms with Crippen LogP contribution in [0.15, 0.2) is 29.1 Å². The summed E-state index contributed by atoms with van der Waals surface area (Å²) in [6, 6.07) is 9.04. The number of ether oxygens (including phenoxy) is 1. The van der Waals surface area contributed by atoms with E-state index in [0.717, 1.165) is 24.2 Å². The Morgan fingerprint density at radius 2 is 1.91 bits per heavy atom. The molecule has 2 aliphatic carbocycles. The SMILES string of the molecule is CCn1c(=O)/c(=C\Nc2cccc(OCC(=O)NCC3CC3)c2)s/c1=C(/C#N)C(=O)NCC1CC1. The van der Waals surface area contributed by atoms with Crippen molar-refractivity contribution in [3.8, 4) is 11.8 Å². The molecule has 4 rings (SSSR count). The molecule has 0 saturated heterocycles. The van der Waals surface area contributed by atoms with E-state index >= 15 is 0 Å². The molecule has 1 aromatic carbocycles. The third-order valence-corrected chi connectivity index (χ3v) is 7.01. The monoisotopic (exact) mass is 495 g/mol. The zero-order chi connectivity index (χ0) is 24.8. The van der Waals surface area contributed by atoms with Crippen LogP contribution in [0, 0.1) is 23.2 Å². The molecule has 1 aromatic heterocycles.